The lowest BCUT2D eigenvalue weighted by Crippen LogP contribution is -2.21. The largest absolute Gasteiger partial charge is 0.347 e. The van der Waals surface area contributed by atoms with Crippen LogP contribution in [0.3, 0.4) is 0 Å². The van der Waals surface area contributed by atoms with Crippen LogP contribution >= 0.6 is 0 Å². The zero-order chi connectivity index (χ0) is 13.7. The van der Waals surface area contributed by atoms with Crippen LogP contribution in [0.25, 0.3) is 10.9 Å². The molecule has 0 fully saturated rings. The number of rotatable bonds is 7. The lowest BCUT2D eigenvalue weighted by Gasteiger charge is -2.10. The first-order chi connectivity index (χ1) is 9.26. The van der Waals surface area contributed by atoms with Gasteiger partial charge in [-0.1, -0.05) is 38.8 Å². The highest BCUT2D eigenvalue weighted by Gasteiger charge is 2.08. The fourth-order valence-corrected chi connectivity index (χ4v) is 2.62. The minimum absolute atomic E-state index is 0.272. The molecule has 19 heavy (non-hydrogen) atoms. The van der Waals surface area contributed by atoms with Crippen LogP contribution in [0.5, 0.6) is 0 Å². The van der Waals surface area contributed by atoms with E-state index in [0.717, 1.165) is 19.4 Å². The average Bonchev–Trinajstić information content (AvgIpc) is 2.83. The summed E-state index contributed by atoms with van der Waals surface area (Å²) in [6.07, 6.45) is 8.08. The van der Waals surface area contributed by atoms with Crippen molar-refractivity contribution in [3.8, 4) is 0 Å². The predicted octanol–water partition coefficient (Wildman–Crippen LogP) is 4.11. The first kappa shape index (κ1) is 14.1. The van der Waals surface area contributed by atoms with E-state index in [1.54, 1.807) is 0 Å². The lowest BCUT2D eigenvalue weighted by molar-refractivity contribution is 0.616. The fraction of sp³-hybridized carbons (Fsp3) is 0.529. The Morgan fingerprint density at radius 2 is 2.00 bits per heavy atom. The molecule has 0 aliphatic carbocycles. The molecule has 0 aliphatic heterocycles. The van der Waals surface area contributed by atoms with Gasteiger partial charge in [0, 0.05) is 29.7 Å². The number of unbranched alkanes of at least 4 members (excludes halogenated alkanes) is 2. The van der Waals surface area contributed by atoms with E-state index < -0.39 is 0 Å². The van der Waals surface area contributed by atoms with Gasteiger partial charge in [-0.05, 0) is 37.0 Å². The number of aryl methyl sites for hydroxylation is 1. The first-order valence-corrected chi connectivity index (χ1v) is 7.58. The van der Waals surface area contributed by atoms with Crippen LogP contribution in [-0.4, -0.2) is 10.6 Å². The van der Waals surface area contributed by atoms with Crippen molar-refractivity contribution < 1.29 is 0 Å². The molecule has 0 radical (unpaired) electrons. The number of benzene rings is 1. The van der Waals surface area contributed by atoms with Gasteiger partial charge in [0.2, 0.25) is 0 Å². The van der Waals surface area contributed by atoms with E-state index in [1.165, 1.54) is 35.7 Å². The molecule has 1 unspecified atom stereocenters. The van der Waals surface area contributed by atoms with Gasteiger partial charge in [-0.3, -0.25) is 0 Å². The normalized spacial score (nSPS) is 13.0. The number of nitrogens with zero attached hydrogens (tertiary/aromatic N) is 1. The van der Waals surface area contributed by atoms with Crippen molar-refractivity contribution in [3.63, 3.8) is 0 Å². The van der Waals surface area contributed by atoms with E-state index in [-0.39, 0.29) is 6.04 Å². The third-order valence-corrected chi connectivity index (χ3v) is 3.91. The van der Waals surface area contributed by atoms with Crippen LogP contribution in [0.2, 0.25) is 0 Å². The maximum absolute atomic E-state index is 6.09. The lowest BCUT2D eigenvalue weighted by atomic mass is 10.0. The predicted molar refractivity (Wildman–Crippen MR) is 83.4 cm³/mol. The molecule has 2 aromatic rings. The van der Waals surface area contributed by atoms with Crippen LogP contribution in [-0.2, 0) is 13.0 Å². The summed E-state index contributed by atoms with van der Waals surface area (Å²) in [7, 11) is 0. The van der Waals surface area contributed by atoms with Gasteiger partial charge in [0.15, 0.2) is 0 Å². The molecule has 1 atom stereocenters. The molecule has 2 N–H and O–H groups in total. The molecule has 0 spiro atoms. The summed E-state index contributed by atoms with van der Waals surface area (Å²) in [6, 6.07) is 9.13. The van der Waals surface area contributed by atoms with Crippen molar-refractivity contribution >= 4 is 10.9 Å². The monoisotopic (exact) mass is 258 g/mol. The van der Waals surface area contributed by atoms with Crippen molar-refractivity contribution in [1.82, 2.24) is 4.57 Å². The van der Waals surface area contributed by atoms with Crippen LogP contribution < -0.4 is 5.73 Å². The maximum Gasteiger partial charge on any atom is 0.0483 e. The molecule has 0 aliphatic rings. The van der Waals surface area contributed by atoms with Crippen LogP contribution in [0.4, 0.5) is 0 Å². The average molecular weight is 258 g/mol. The van der Waals surface area contributed by atoms with Crippen molar-refractivity contribution in [2.24, 2.45) is 5.73 Å². The summed E-state index contributed by atoms with van der Waals surface area (Å²) in [4.78, 5) is 0. The molecule has 0 saturated heterocycles. The summed E-state index contributed by atoms with van der Waals surface area (Å²) in [6.45, 7) is 5.53. The van der Waals surface area contributed by atoms with Crippen LogP contribution in [0.1, 0.15) is 45.1 Å². The zero-order valence-electron chi connectivity index (χ0n) is 12.2. The Morgan fingerprint density at radius 1 is 1.16 bits per heavy atom. The van der Waals surface area contributed by atoms with Gasteiger partial charge in [0.25, 0.3) is 0 Å². The standard InChI is InChI=1S/C17H26N2/c1-3-5-6-11-19-12-10-16-14(13-15(18)4-2)8-7-9-17(16)19/h7-10,12,15H,3-6,11,13,18H2,1-2H3. The number of nitrogens with two attached hydrogens (primary N) is 1. The van der Waals surface area contributed by atoms with Gasteiger partial charge >= 0.3 is 0 Å². The Bertz CT molecular complexity index is 513. The molecule has 0 amide bonds. The summed E-state index contributed by atoms with van der Waals surface area (Å²) < 4.78 is 2.38. The highest BCUT2D eigenvalue weighted by Crippen LogP contribution is 2.22. The van der Waals surface area contributed by atoms with Crippen molar-refractivity contribution in [1.29, 1.82) is 0 Å². The SMILES string of the molecule is CCCCCn1ccc2c(CC(N)CC)cccc21. The number of hydrogen-bond acceptors (Lipinski definition) is 1. The number of hydrogen-bond donors (Lipinski definition) is 1. The van der Waals surface area contributed by atoms with Gasteiger partial charge in [-0.2, -0.15) is 0 Å². The number of aromatic nitrogens is 1. The van der Waals surface area contributed by atoms with E-state index in [9.17, 15) is 0 Å². The Labute approximate surface area is 116 Å². The number of fused-ring (bicyclic) bond motifs is 1. The minimum atomic E-state index is 0.272. The summed E-state index contributed by atoms with van der Waals surface area (Å²) in [5, 5.41) is 1.38. The van der Waals surface area contributed by atoms with Gasteiger partial charge in [0.05, 0.1) is 0 Å². The second-order valence-corrected chi connectivity index (χ2v) is 5.44. The molecule has 1 aromatic heterocycles. The van der Waals surface area contributed by atoms with Gasteiger partial charge in [0.1, 0.15) is 0 Å². The second kappa shape index (κ2) is 6.76. The smallest absolute Gasteiger partial charge is 0.0483 e. The van der Waals surface area contributed by atoms with E-state index in [2.05, 4.69) is 48.9 Å². The third kappa shape index (κ3) is 3.38. The third-order valence-electron chi connectivity index (χ3n) is 3.91. The summed E-state index contributed by atoms with van der Waals surface area (Å²) in [5.74, 6) is 0. The van der Waals surface area contributed by atoms with Crippen molar-refractivity contribution in [2.45, 2.75) is 58.5 Å². The van der Waals surface area contributed by atoms with Gasteiger partial charge < -0.3 is 10.3 Å². The fourth-order valence-electron chi connectivity index (χ4n) is 2.62. The molecule has 1 aromatic carbocycles. The highest BCUT2D eigenvalue weighted by atomic mass is 14.9. The highest BCUT2D eigenvalue weighted by molar-refractivity contribution is 5.83. The topological polar surface area (TPSA) is 30.9 Å². The molecule has 104 valence electrons. The minimum Gasteiger partial charge on any atom is -0.347 e. The van der Waals surface area contributed by atoms with Gasteiger partial charge in [-0.15, -0.1) is 0 Å². The Morgan fingerprint density at radius 3 is 2.74 bits per heavy atom. The van der Waals surface area contributed by atoms with Crippen molar-refractivity contribution in [2.75, 3.05) is 0 Å². The van der Waals surface area contributed by atoms with E-state index >= 15 is 0 Å². The van der Waals surface area contributed by atoms with E-state index in [0.29, 0.717) is 0 Å². The molecule has 2 nitrogen and oxygen atoms in total. The second-order valence-electron chi connectivity index (χ2n) is 5.44. The zero-order valence-corrected chi connectivity index (χ0v) is 12.2. The molecular weight excluding hydrogens is 232 g/mol. The molecule has 0 saturated carbocycles. The Balaban J connectivity index is 2.21. The summed E-state index contributed by atoms with van der Waals surface area (Å²) in [5.41, 5.74) is 8.84. The summed E-state index contributed by atoms with van der Waals surface area (Å²) >= 11 is 0. The molecule has 2 heteroatoms. The molecule has 1 heterocycles. The van der Waals surface area contributed by atoms with E-state index in [4.69, 9.17) is 5.73 Å². The van der Waals surface area contributed by atoms with E-state index in [1.807, 2.05) is 0 Å². The van der Waals surface area contributed by atoms with Crippen LogP contribution in [0, 0.1) is 0 Å². The van der Waals surface area contributed by atoms with Crippen LogP contribution in [0.15, 0.2) is 30.5 Å². The molecular formula is C17H26N2. The Kier molecular flexibility index (Phi) is 5.03. The van der Waals surface area contributed by atoms with Gasteiger partial charge in [-0.25, -0.2) is 0 Å². The molecule has 0 bridgehead atoms. The maximum atomic E-state index is 6.09. The Hall–Kier alpha value is -1.28. The van der Waals surface area contributed by atoms with Crippen molar-refractivity contribution in [3.05, 3.63) is 36.0 Å². The molecule has 2 rings (SSSR count). The first-order valence-electron chi connectivity index (χ1n) is 7.58. The quantitative estimate of drug-likeness (QED) is 0.744.